The Morgan fingerprint density at radius 1 is 0.944 bits per heavy atom. The molecule has 0 saturated carbocycles. The van der Waals surface area contributed by atoms with Gasteiger partial charge in [0, 0.05) is 30.3 Å². The molecule has 1 unspecified atom stereocenters. The van der Waals surface area contributed by atoms with Crippen molar-refractivity contribution in [3.05, 3.63) is 106 Å². The zero-order valence-electron chi connectivity index (χ0n) is 21.1. The van der Waals surface area contributed by atoms with Gasteiger partial charge in [0.05, 0.1) is 5.75 Å². The Labute approximate surface area is 224 Å². The highest BCUT2D eigenvalue weighted by atomic mass is 35.5. The Bertz CT molecular complexity index is 1120. The molecular weight excluding hydrogens is 488 g/mol. The molecule has 36 heavy (non-hydrogen) atoms. The van der Waals surface area contributed by atoms with E-state index in [4.69, 9.17) is 11.6 Å². The average Bonchev–Trinajstić information content (AvgIpc) is 2.89. The van der Waals surface area contributed by atoms with E-state index in [-0.39, 0.29) is 24.1 Å². The van der Waals surface area contributed by atoms with Crippen molar-refractivity contribution in [2.24, 2.45) is 0 Å². The summed E-state index contributed by atoms with van der Waals surface area (Å²) in [6.07, 6.45) is 2.33. The Kier molecular flexibility index (Phi) is 11.4. The summed E-state index contributed by atoms with van der Waals surface area (Å²) < 4.78 is 0. The molecule has 0 radical (unpaired) electrons. The number of unbranched alkanes of at least 4 members (excludes halogenated alkanes) is 1. The number of amides is 2. The van der Waals surface area contributed by atoms with Gasteiger partial charge in [-0.15, -0.1) is 11.8 Å². The molecule has 1 atom stereocenters. The minimum atomic E-state index is -0.632. The van der Waals surface area contributed by atoms with Crippen LogP contribution < -0.4 is 5.32 Å². The van der Waals surface area contributed by atoms with Crippen molar-refractivity contribution in [2.75, 3.05) is 12.3 Å². The van der Waals surface area contributed by atoms with Crippen molar-refractivity contribution >= 4 is 35.2 Å². The van der Waals surface area contributed by atoms with Crippen LogP contribution in [0.4, 0.5) is 0 Å². The van der Waals surface area contributed by atoms with Gasteiger partial charge < -0.3 is 10.2 Å². The first-order chi connectivity index (χ1) is 17.5. The number of carbonyl (C=O) groups excluding carboxylic acids is 2. The van der Waals surface area contributed by atoms with Crippen LogP contribution >= 0.6 is 23.4 Å². The number of aryl methyl sites for hydroxylation is 1. The minimum absolute atomic E-state index is 0.0694. The van der Waals surface area contributed by atoms with Crippen LogP contribution in [0.2, 0.25) is 5.02 Å². The molecule has 0 heterocycles. The number of thioether (sulfide) groups is 1. The fraction of sp³-hybridized carbons (Fsp3) is 0.333. The highest BCUT2D eigenvalue weighted by Gasteiger charge is 2.30. The fourth-order valence-electron chi connectivity index (χ4n) is 3.97. The van der Waals surface area contributed by atoms with Gasteiger partial charge in [-0.25, -0.2) is 0 Å². The molecule has 2 amide bonds. The number of benzene rings is 3. The summed E-state index contributed by atoms with van der Waals surface area (Å²) in [6.45, 7) is 5.05. The zero-order chi connectivity index (χ0) is 25.8. The van der Waals surface area contributed by atoms with Crippen LogP contribution in [-0.4, -0.2) is 35.1 Å². The zero-order valence-corrected chi connectivity index (χ0v) is 22.7. The SMILES string of the molecule is CCCCNC(=O)C(Cc1ccccc1)N(Cc1ccccc1Cl)C(=O)CSCc1ccccc1C. The minimum Gasteiger partial charge on any atom is -0.354 e. The first-order valence-electron chi connectivity index (χ1n) is 12.5. The Morgan fingerprint density at radius 3 is 2.31 bits per heavy atom. The third-order valence-corrected chi connectivity index (χ3v) is 7.48. The molecule has 0 fully saturated rings. The second kappa shape index (κ2) is 14.7. The molecule has 6 heteroatoms. The molecule has 1 N–H and O–H groups in total. The van der Waals surface area contributed by atoms with Gasteiger partial charge in [0.1, 0.15) is 6.04 Å². The summed E-state index contributed by atoms with van der Waals surface area (Å²) in [5.74, 6) is 0.827. The second-order valence-corrected chi connectivity index (χ2v) is 10.3. The van der Waals surface area contributed by atoms with Gasteiger partial charge in [0.15, 0.2) is 0 Å². The third kappa shape index (κ3) is 8.42. The van der Waals surface area contributed by atoms with Gasteiger partial charge >= 0.3 is 0 Å². The number of nitrogens with one attached hydrogen (secondary N) is 1. The summed E-state index contributed by atoms with van der Waals surface area (Å²) in [6, 6.07) is 25.0. The van der Waals surface area contributed by atoms with E-state index in [2.05, 4.69) is 31.3 Å². The van der Waals surface area contributed by atoms with E-state index in [1.807, 2.05) is 66.7 Å². The molecule has 0 saturated heterocycles. The molecule has 3 rings (SSSR count). The largest absolute Gasteiger partial charge is 0.354 e. The molecule has 0 aliphatic carbocycles. The molecule has 4 nitrogen and oxygen atoms in total. The summed E-state index contributed by atoms with van der Waals surface area (Å²) in [7, 11) is 0. The molecule has 3 aromatic carbocycles. The van der Waals surface area contributed by atoms with E-state index in [9.17, 15) is 9.59 Å². The van der Waals surface area contributed by atoms with E-state index < -0.39 is 6.04 Å². The molecule has 0 aromatic heterocycles. The van der Waals surface area contributed by atoms with E-state index in [0.29, 0.717) is 18.0 Å². The lowest BCUT2D eigenvalue weighted by molar-refractivity contribution is -0.139. The van der Waals surface area contributed by atoms with Gasteiger partial charge in [0.2, 0.25) is 11.8 Å². The molecule has 3 aromatic rings. The highest BCUT2D eigenvalue weighted by molar-refractivity contribution is 7.99. The van der Waals surface area contributed by atoms with E-state index in [1.54, 1.807) is 16.7 Å². The number of nitrogens with zero attached hydrogens (tertiary/aromatic N) is 1. The molecule has 0 spiro atoms. The first kappa shape index (κ1) is 27.8. The van der Waals surface area contributed by atoms with Gasteiger partial charge in [-0.1, -0.05) is 97.7 Å². The third-order valence-electron chi connectivity index (χ3n) is 6.14. The number of halogens is 1. The van der Waals surface area contributed by atoms with Crippen molar-refractivity contribution in [2.45, 2.75) is 51.4 Å². The van der Waals surface area contributed by atoms with Crippen LogP contribution in [-0.2, 0) is 28.3 Å². The lowest BCUT2D eigenvalue weighted by Crippen LogP contribution is -2.51. The van der Waals surface area contributed by atoms with Crippen molar-refractivity contribution in [3.63, 3.8) is 0 Å². The van der Waals surface area contributed by atoms with Crippen LogP contribution in [0.15, 0.2) is 78.9 Å². The highest BCUT2D eigenvalue weighted by Crippen LogP contribution is 2.22. The predicted molar refractivity (Wildman–Crippen MR) is 151 cm³/mol. The molecular formula is C30H35ClN2O2S. The van der Waals surface area contributed by atoms with E-state index in [1.165, 1.54) is 11.1 Å². The maximum Gasteiger partial charge on any atom is 0.243 e. The van der Waals surface area contributed by atoms with Gasteiger partial charge in [0.25, 0.3) is 0 Å². The first-order valence-corrected chi connectivity index (χ1v) is 14.0. The van der Waals surface area contributed by atoms with Gasteiger partial charge in [-0.2, -0.15) is 0 Å². The number of hydrogen-bond acceptors (Lipinski definition) is 3. The number of carbonyl (C=O) groups is 2. The summed E-state index contributed by atoms with van der Waals surface area (Å²) in [5.41, 5.74) is 4.27. The van der Waals surface area contributed by atoms with Gasteiger partial charge in [-0.3, -0.25) is 9.59 Å². The topological polar surface area (TPSA) is 49.4 Å². The lowest BCUT2D eigenvalue weighted by Gasteiger charge is -2.32. The quantitative estimate of drug-likeness (QED) is 0.263. The Balaban J connectivity index is 1.85. The van der Waals surface area contributed by atoms with Crippen LogP contribution in [0, 0.1) is 6.92 Å². The predicted octanol–water partition coefficient (Wildman–Crippen LogP) is 6.44. The maximum atomic E-state index is 13.7. The molecule has 0 aliphatic heterocycles. The summed E-state index contributed by atoms with van der Waals surface area (Å²) >= 11 is 8.05. The monoisotopic (exact) mass is 522 g/mol. The van der Waals surface area contributed by atoms with E-state index >= 15 is 0 Å². The number of rotatable bonds is 13. The molecule has 0 aliphatic rings. The van der Waals surface area contributed by atoms with Crippen LogP contribution in [0.1, 0.15) is 42.0 Å². The normalized spacial score (nSPS) is 11.6. The van der Waals surface area contributed by atoms with Gasteiger partial charge in [-0.05, 0) is 41.7 Å². The van der Waals surface area contributed by atoms with Crippen molar-refractivity contribution in [3.8, 4) is 0 Å². The number of hydrogen-bond donors (Lipinski definition) is 1. The standard InChI is InChI=1S/C30H35ClN2O2S/c1-3-4-18-32-30(35)28(19-24-13-6-5-7-14-24)33(20-25-15-10-11-17-27(25)31)29(34)22-36-21-26-16-9-8-12-23(26)2/h5-17,28H,3-4,18-22H2,1-2H3,(H,32,35). The average molecular weight is 523 g/mol. The second-order valence-electron chi connectivity index (χ2n) is 8.88. The van der Waals surface area contributed by atoms with Crippen molar-refractivity contribution < 1.29 is 9.59 Å². The van der Waals surface area contributed by atoms with Crippen LogP contribution in [0.3, 0.4) is 0 Å². The summed E-state index contributed by atoms with van der Waals surface area (Å²) in [4.78, 5) is 28.8. The smallest absolute Gasteiger partial charge is 0.243 e. The molecule has 0 bridgehead atoms. The maximum absolute atomic E-state index is 13.7. The van der Waals surface area contributed by atoms with E-state index in [0.717, 1.165) is 29.7 Å². The lowest BCUT2D eigenvalue weighted by atomic mass is 10.0. The fourth-order valence-corrected chi connectivity index (χ4v) is 5.16. The van der Waals surface area contributed by atoms with Crippen LogP contribution in [0.5, 0.6) is 0 Å². The Morgan fingerprint density at radius 2 is 1.61 bits per heavy atom. The van der Waals surface area contributed by atoms with Crippen molar-refractivity contribution in [1.29, 1.82) is 0 Å². The Hall–Kier alpha value is -2.76. The van der Waals surface area contributed by atoms with Crippen LogP contribution in [0.25, 0.3) is 0 Å². The van der Waals surface area contributed by atoms with Crippen molar-refractivity contribution in [1.82, 2.24) is 10.2 Å². The summed E-state index contributed by atoms with van der Waals surface area (Å²) in [5, 5.41) is 3.65. The molecule has 190 valence electrons.